The highest BCUT2D eigenvalue weighted by Crippen LogP contribution is 2.43. The quantitative estimate of drug-likeness (QED) is 0.885. The molecule has 1 aliphatic heterocycles. The van der Waals surface area contributed by atoms with Crippen molar-refractivity contribution < 1.29 is 0 Å². The molecule has 1 aromatic rings. The van der Waals surface area contributed by atoms with Crippen LogP contribution in [0.4, 0.5) is 0 Å². The lowest BCUT2D eigenvalue weighted by Crippen LogP contribution is -2.58. The molecule has 2 heteroatoms. The molecular formula is C16H24N2. The SMILES string of the molecule is NC(CN1CC2(CCCCC2)C1)c1ccccc1. The van der Waals surface area contributed by atoms with E-state index in [0.29, 0.717) is 5.41 Å². The Morgan fingerprint density at radius 1 is 1.06 bits per heavy atom. The first kappa shape index (κ1) is 12.2. The lowest BCUT2D eigenvalue weighted by molar-refractivity contribution is -0.0308. The fourth-order valence-electron chi connectivity index (χ4n) is 3.73. The van der Waals surface area contributed by atoms with Gasteiger partial charge in [-0.15, -0.1) is 0 Å². The molecule has 0 aromatic heterocycles. The Morgan fingerprint density at radius 3 is 2.39 bits per heavy atom. The Bertz CT molecular complexity index is 373. The molecule has 1 atom stereocenters. The van der Waals surface area contributed by atoms with Crippen molar-refractivity contribution >= 4 is 0 Å². The van der Waals surface area contributed by atoms with Gasteiger partial charge in [0, 0.05) is 25.7 Å². The zero-order chi connectivity index (χ0) is 12.4. The van der Waals surface area contributed by atoms with Crippen molar-refractivity contribution in [2.75, 3.05) is 19.6 Å². The fraction of sp³-hybridized carbons (Fsp3) is 0.625. The maximum absolute atomic E-state index is 6.28. The summed E-state index contributed by atoms with van der Waals surface area (Å²) in [6.45, 7) is 3.59. The van der Waals surface area contributed by atoms with Gasteiger partial charge in [0.1, 0.15) is 0 Å². The first-order chi connectivity index (χ1) is 8.77. The number of nitrogens with two attached hydrogens (primary N) is 1. The molecule has 1 saturated carbocycles. The summed E-state index contributed by atoms with van der Waals surface area (Å²) in [5.41, 5.74) is 8.22. The lowest BCUT2D eigenvalue weighted by atomic mass is 9.68. The summed E-state index contributed by atoms with van der Waals surface area (Å²) in [5, 5.41) is 0. The maximum Gasteiger partial charge on any atom is 0.0424 e. The highest BCUT2D eigenvalue weighted by Gasteiger charge is 2.43. The molecule has 98 valence electrons. The van der Waals surface area contributed by atoms with E-state index in [1.807, 2.05) is 0 Å². The smallest absolute Gasteiger partial charge is 0.0424 e. The number of nitrogens with zero attached hydrogens (tertiary/aromatic N) is 1. The van der Waals surface area contributed by atoms with Crippen LogP contribution in [0, 0.1) is 5.41 Å². The van der Waals surface area contributed by atoms with E-state index in [2.05, 4.69) is 35.2 Å². The largest absolute Gasteiger partial charge is 0.323 e. The van der Waals surface area contributed by atoms with Crippen LogP contribution >= 0.6 is 0 Å². The molecule has 2 nitrogen and oxygen atoms in total. The Balaban J connectivity index is 1.51. The van der Waals surface area contributed by atoms with Crippen molar-refractivity contribution in [3.8, 4) is 0 Å². The third-order valence-corrected chi connectivity index (χ3v) is 4.71. The first-order valence-electron chi connectivity index (χ1n) is 7.30. The van der Waals surface area contributed by atoms with Gasteiger partial charge in [-0.2, -0.15) is 0 Å². The molecule has 1 spiro atoms. The van der Waals surface area contributed by atoms with Gasteiger partial charge in [0.05, 0.1) is 0 Å². The van der Waals surface area contributed by atoms with E-state index >= 15 is 0 Å². The molecule has 1 aliphatic carbocycles. The standard InChI is InChI=1S/C16H24N2/c17-15(14-7-3-1-4-8-14)11-18-12-16(13-18)9-5-2-6-10-16/h1,3-4,7-8,15H,2,5-6,9-13,17H2. The van der Waals surface area contributed by atoms with Crippen molar-refractivity contribution in [1.82, 2.24) is 4.90 Å². The summed E-state index contributed by atoms with van der Waals surface area (Å²) in [4.78, 5) is 2.54. The van der Waals surface area contributed by atoms with Crippen molar-refractivity contribution in [3.63, 3.8) is 0 Å². The molecule has 1 unspecified atom stereocenters. The minimum Gasteiger partial charge on any atom is -0.323 e. The molecule has 3 rings (SSSR count). The Hall–Kier alpha value is -0.860. The molecule has 1 aromatic carbocycles. The van der Waals surface area contributed by atoms with Crippen LogP contribution in [0.2, 0.25) is 0 Å². The third kappa shape index (κ3) is 2.45. The Labute approximate surface area is 110 Å². The zero-order valence-corrected chi connectivity index (χ0v) is 11.1. The monoisotopic (exact) mass is 244 g/mol. The molecule has 0 amide bonds. The molecule has 2 aliphatic rings. The zero-order valence-electron chi connectivity index (χ0n) is 11.1. The molecule has 1 saturated heterocycles. The first-order valence-corrected chi connectivity index (χ1v) is 7.30. The van der Waals surface area contributed by atoms with E-state index < -0.39 is 0 Å². The van der Waals surface area contributed by atoms with Crippen LogP contribution in [0.3, 0.4) is 0 Å². The summed E-state index contributed by atoms with van der Waals surface area (Å²) in [6.07, 6.45) is 7.23. The average molecular weight is 244 g/mol. The van der Waals surface area contributed by atoms with E-state index in [-0.39, 0.29) is 6.04 Å². The summed E-state index contributed by atoms with van der Waals surface area (Å²) >= 11 is 0. The molecule has 18 heavy (non-hydrogen) atoms. The second-order valence-electron chi connectivity index (χ2n) is 6.25. The van der Waals surface area contributed by atoms with Crippen LogP contribution < -0.4 is 5.73 Å². The van der Waals surface area contributed by atoms with Gasteiger partial charge in [-0.1, -0.05) is 49.6 Å². The van der Waals surface area contributed by atoms with Gasteiger partial charge in [-0.05, 0) is 23.8 Å². The van der Waals surface area contributed by atoms with Gasteiger partial charge in [0.25, 0.3) is 0 Å². The van der Waals surface area contributed by atoms with Gasteiger partial charge in [-0.3, -0.25) is 0 Å². The third-order valence-electron chi connectivity index (χ3n) is 4.71. The van der Waals surface area contributed by atoms with Crippen LogP contribution in [0.5, 0.6) is 0 Å². The minimum absolute atomic E-state index is 0.173. The van der Waals surface area contributed by atoms with E-state index in [9.17, 15) is 0 Å². The predicted octanol–water partition coefficient (Wildman–Crippen LogP) is 2.95. The van der Waals surface area contributed by atoms with E-state index in [4.69, 9.17) is 5.73 Å². The average Bonchev–Trinajstić information content (AvgIpc) is 2.39. The summed E-state index contributed by atoms with van der Waals surface area (Å²) in [6, 6.07) is 10.7. The molecule has 2 fully saturated rings. The lowest BCUT2D eigenvalue weighted by Gasteiger charge is -2.53. The second kappa shape index (κ2) is 5.02. The van der Waals surface area contributed by atoms with Crippen molar-refractivity contribution in [2.24, 2.45) is 11.1 Å². The highest BCUT2D eigenvalue weighted by molar-refractivity contribution is 5.19. The topological polar surface area (TPSA) is 29.3 Å². The molecular weight excluding hydrogens is 220 g/mol. The highest BCUT2D eigenvalue weighted by atomic mass is 15.2. The van der Waals surface area contributed by atoms with E-state index in [0.717, 1.165) is 6.54 Å². The van der Waals surface area contributed by atoms with Crippen LogP contribution in [0.15, 0.2) is 30.3 Å². The van der Waals surface area contributed by atoms with Crippen LogP contribution in [-0.4, -0.2) is 24.5 Å². The summed E-state index contributed by atoms with van der Waals surface area (Å²) in [7, 11) is 0. The minimum atomic E-state index is 0.173. The fourth-order valence-corrected chi connectivity index (χ4v) is 3.73. The number of likely N-dealkylation sites (tertiary alicyclic amines) is 1. The predicted molar refractivity (Wildman–Crippen MR) is 75.3 cm³/mol. The van der Waals surface area contributed by atoms with Crippen molar-refractivity contribution in [2.45, 2.75) is 38.1 Å². The Morgan fingerprint density at radius 2 is 1.72 bits per heavy atom. The van der Waals surface area contributed by atoms with Crippen molar-refractivity contribution in [3.05, 3.63) is 35.9 Å². The van der Waals surface area contributed by atoms with Gasteiger partial charge in [0.2, 0.25) is 0 Å². The molecule has 2 N–H and O–H groups in total. The van der Waals surface area contributed by atoms with Gasteiger partial charge in [0.15, 0.2) is 0 Å². The normalized spacial score (nSPS) is 24.7. The number of hydrogen-bond donors (Lipinski definition) is 1. The number of rotatable bonds is 3. The summed E-state index contributed by atoms with van der Waals surface area (Å²) < 4.78 is 0. The van der Waals surface area contributed by atoms with E-state index in [1.54, 1.807) is 0 Å². The number of benzene rings is 1. The van der Waals surface area contributed by atoms with Crippen LogP contribution in [0.25, 0.3) is 0 Å². The van der Waals surface area contributed by atoms with Crippen molar-refractivity contribution in [1.29, 1.82) is 0 Å². The summed E-state index contributed by atoms with van der Waals surface area (Å²) in [5.74, 6) is 0. The second-order valence-corrected chi connectivity index (χ2v) is 6.25. The number of hydrogen-bond acceptors (Lipinski definition) is 2. The molecule has 0 bridgehead atoms. The van der Waals surface area contributed by atoms with E-state index in [1.165, 1.54) is 50.8 Å². The van der Waals surface area contributed by atoms with Gasteiger partial charge < -0.3 is 10.6 Å². The van der Waals surface area contributed by atoms with Crippen LogP contribution in [0.1, 0.15) is 43.7 Å². The Kier molecular flexibility index (Phi) is 3.40. The van der Waals surface area contributed by atoms with Gasteiger partial charge >= 0.3 is 0 Å². The van der Waals surface area contributed by atoms with Crippen LogP contribution in [-0.2, 0) is 0 Å². The maximum atomic E-state index is 6.28. The van der Waals surface area contributed by atoms with Gasteiger partial charge in [-0.25, -0.2) is 0 Å². The molecule has 1 heterocycles. The molecule has 0 radical (unpaired) electrons.